The lowest BCUT2D eigenvalue weighted by Crippen LogP contribution is -2.43. The van der Waals surface area contributed by atoms with Crippen molar-refractivity contribution in [3.8, 4) is 11.5 Å². The van der Waals surface area contributed by atoms with Gasteiger partial charge in [0.2, 0.25) is 11.8 Å². The van der Waals surface area contributed by atoms with Crippen LogP contribution in [0.15, 0.2) is 24.3 Å². The third kappa shape index (κ3) is 7.85. The minimum absolute atomic E-state index is 0.0650. The van der Waals surface area contributed by atoms with Gasteiger partial charge in [0.1, 0.15) is 18.1 Å². The van der Waals surface area contributed by atoms with Gasteiger partial charge in [0.15, 0.2) is 0 Å². The predicted octanol–water partition coefficient (Wildman–Crippen LogP) is 2.23. The summed E-state index contributed by atoms with van der Waals surface area (Å²) in [5, 5.41) is 2.89. The molecule has 0 unspecified atom stereocenters. The van der Waals surface area contributed by atoms with Gasteiger partial charge in [-0.3, -0.25) is 9.59 Å². The number of nitrogens with zero attached hydrogens (tertiary/aromatic N) is 1. The molecule has 0 saturated heterocycles. The van der Waals surface area contributed by atoms with Crippen molar-refractivity contribution in [3.05, 3.63) is 24.3 Å². The van der Waals surface area contributed by atoms with E-state index in [1.54, 1.807) is 12.0 Å². The van der Waals surface area contributed by atoms with E-state index in [0.717, 1.165) is 5.75 Å². The summed E-state index contributed by atoms with van der Waals surface area (Å²) in [6.07, 6.45) is 0.277. The summed E-state index contributed by atoms with van der Waals surface area (Å²) in [4.78, 5) is 25.2. The van der Waals surface area contributed by atoms with E-state index in [1.807, 2.05) is 45.0 Å². The highest BCUT2D eigenvalue weighted by atomic mass is 16.5. The molecule has 6 heteroatoms. The van der Waals surface area contributed by atoms with Gasteiger partial charge >= 0.3 is 0 Å². The summed E-state index contributed by atoms with van der Waals surface area (Å²) in [5.74, 6) is 1.34. The van der Waals surface area contributed by atoms with Gasteiger partial charge in [-0.2, -0.15) is 0 Å². The summed E-state index contributed by atoms with van der Waals surface area (Å²) in [6.45, 7) is 8.46. The first-order chi connectivity index (χ1) is 11.2. The molecule has 1 N–H and O–H groups in total. The molecular formula is C18H28N2O4. The fraction of sp³-hybridized carbons (Fsp3) is 0.556. The molecule has 0 aromatic heterocycles. The van der Waals surface area contributed by atoms with Gasteiger partial charge in [-0.1, -0.05) is 0 Å². The second-order valence-electron chi connectivity index (χ2n) is 6.58. The van der Waals surface area contributed by atoms with Crippen LogP contribution in [0.1, 0.15) is 34.1 Å². The quantitative estimate of drug-likeness (QED) is 0.790. The molecular weight excluding hydrogens is 308 g/mol. The fourth-order valence-electron chi connectivity index (χ4n) is 2.09. The van der Waals surface area contributed by atoms with Crippen LogP contribution in [0, 0.1) is 0 Å². The van der Waals surface area contributed by atoms with Gasteiger partial charge in [0, 0.05) is 25.4 Å². The average Bonchev–Trinajstić information content (AvgIpc) is 2.49. The molecule has 1 aromatic carbocycles. The smallest absolute Gasteiger partial charge is 0.222 e. The van der Waals surface area contributed by atoms with Crippen molar-refractivity contribution in [1.29, 1.82) is 0 Å². The molecule has 0 saturated carbocycles. The summed E-state index contributed by atoms with van der Waals surface area (Å²) >= 11 is 0. The highest BCUT2D eigenvalue weighted by molar-refractivity contribution is 5.78. The van der Waals surface area contributed by atoms with Gasteiger partial charge in [0.25, 0.3) is 0 Å². The van der Waals surface area contributed by atoms with Crippen molar-refractivity contribution in [1.82, 2.24) is 10.2 Å². The lowest BCUT2D eigenvalue weighted by atomic mass is 10.1. The van der Waals surface area contributed by atoms with Crippen molar-refractivity contribution in [3.63, 3.8) is 0 Å². The van der Waals surface area contributed by atoms with Gasteiger partial charge in [0.05, 0.1) is 13.7 Å². The monoisotopic (exact) mass is 336 g/mol. The van der Waals surface area contributed by atoms with Crippen LogP contribution >= 0.6 is 0 Å². The molecule has 0 aliphatic carbocycles. The highest BCUT2D eigenvalue weighted by Gasteiger charge is 2.16. The van der Waals surface area contributed by atoms with Crippen molar-refractivity contribution in [2.75, 3.05) is 26.8 Å². The van der Waals surface area contributed by atoms with Crippen LogP contribution in [0.25, 0.3) is 0 Å². The third-order valence-electron chi connectivity index (χ3n) is 3.26. The molecule has 0 bridgehead atoms. The molecule has 0 atom stereocenters. The molecule has 0 radical (unpaired) electrons. The number of ether oxygens (including phenoxy) is 2. The number of hydrogen-bond donors (Lipinski definition) is 1. The maximum atomic E-state index is 11.8. The van der Waals surface area contributed by atoms with Gasteiger partial charge in [-0.25, -0.2) is 0 Å². The summed E-state index contributed by atoms with van der Waals surface area (Å²) < 4.78 is 10.7. The second kappa shape index (κ2) is 9.15. The number of hydrogen-bond acceptors (Lipinski definition) is 4. The van der Waals surface area contributed by atoms with Gasteiger partial charge in [-0.05, 0) is 45.0 Å². The van der Waals surface area contributed by atoms with E-state index >= 15 is 0 Å². The minimum atomic E-state index is -0.268. The Morgan fingerprint density at radius 1 is 1.08 bits per heavy atom. The number of benzene rings is 1. The van der Waals surface area contributed by atoms with Crippen LogP contribution in [0.3, 0.4) is 0 Å². The summed E-state index contributed by atoms with van der Waals surface area (Å²) in [7, 11) is 1.61. The molecule has 2 amide bonds. The van der Waals surface area contributed by atoms with Crippen LogP contribution in [-0.2, 0) is 9.59 Å². The van der Waals surface area contributed by atoms with Crippen molar-refractivity contribution in [2.45, 2.75) is 39.7 Å². The van der Waals surface area contributed by atoms with E-state index in [4.69, 9.17) is 9.47 Å². The van der Waals surface area contributed by atoms with Crippen LogP contribution in [0.4, 0.5) is 0 Å². The number of amides is 2. The topological polar surface area (TPSA) is 67.9 Å². The molecule has 0 fully saturated rings. The standard InChI is InChI=1S/C18H28N2O4/c1-14(21)20(11-10-17(22)19-18(2,3)4)12-13-24-16-8-6-15(23-5)7-9-16/h6-9H,10-13H2,1-5H3,(H,19,22). The zero-order valence-electron chi connectivity index (χ0n) is 15.2. The Hall–Kier alpha value is -2.24. The normalized spacial score (nSPS) is 10.9. The zero-order chi connectivity index (χ0) is 18.2. The minimum Gasteiger partial charge on any atom is -0.497 e. The first-order valence-electron chi connectivity index (χ1n) is 8.04. The Morgan fingerprint density at radius 3 is 2.17 bits per heavy atom. The molecule has 0 aliphatic rings. The van der Waals surface area contributed by atoms with E-state index in [2.05, 4.69) is 5.32 Å². The molecule has 6 nitrogen and oxygen atoms in total. The molecule has 0 spiro atoms. The number of nitrogens with one attached hydrogen (secondary N) is 1. The van der Waals surface area contributed by atoms with Gasteiger partial charge < -0.3 is 19.7 Å². The van der Waals surface area contributed by atoms with Crippen LogP contribution in [-0.4, -0.2) is 49.1 Å². The number of methoxy groups -OCH3 is 1. The lowest BCUT2D eigenvalue weighted by Gasteiger charge is -2.24. The molecule has 0 aliphatic heterocycles. The number of rotatable bonds is 8. The molecule has 1 aromatic rings. The molecule has 1 rings (SSSR count). The zero-order valence-corrected chi connectivity index (χ0v) is 15.2. The maximum Gasteiger partial charge on any atom is 0.222 e. The van der Waals surface area contributed by atoms with Crippen LogP contribution in [0.5, 0.6) is 11.5 Å². The Balaban J connectivity index is 2.40. The van der Waals surface area contributed by atoms with Gasteiger partial charge in [-0.15, -0.1) is 0 Å². The largest absolute Gasteiger partial charge is 0.497 e. The second-order valence-corrected chi connectivity index (χ2v) is 6.58. The fourth-order valence-corrected chi connectivity index (χ4v) is 2.09. The Bertz CT molecular complexity index is 535. The van der Waals surface area contributed by atoms with E-state index in [0.29, 0.717) is 25.4 Å². The average molecular weight is 336 g/mol. The Morgan fingerprint density at radius 2 is 1.67 bits per heavy atom. The summed E-state index contributed by atoms with van der Waals surface area (Å²) in [5.41, 5.74) is -0.268. The highest BCUT2D eigenvalue weighted by Crippen LogP contribution is 2.16. The molecule has 0 heterocycles. The predicted molar refractivity (Wildman–Crippen MR) is 93.3 cm³/mol. The van der Waals surface area contributed by atoms with Crippen molar-refractivity contribution in [2.24, 2.45) is 0 Å². The number of carbonyl (C=O) groups is 2. The van der Waals surface area contributed by atoms with E-state index in [-0.39, 0.29) is 23.8 Å². The third-order valence-corrected chi connectivity index (χ3v) is 3.26. The maximum absolute atomic E-state index is 11.8. The number of carbonyl (C=O) groups excluding carboxylic acids is 2. The van der Waals surface area contributed by atoms with Crippen LogP contribution < -0.4 is 14.8 Å². The Kier molecular flexibility index (Phi) is 7.55. The van der Waals surface area contributed by atoms with E-state index in [1.165, 1.54) is 6.92 Å². The first kappa shape index (κ1) is 19.8. The SMILES string of the molecule is COc1ccc(OCCN(CCC(=O)NC(C)(C)C)C(C)=O)cc1. The molecule has 134 valence electrons. The lowest BCUT2D eigenvalue weighted by molar-refractivity contribution is -0.130. The van der Waals surface area contributed by atoms with Crippen LogP contribution in [0.2, 0.25) is 0 Å². The first-order valence-corrected chi connectivity index (χ1v) is 8.04. The van der Waals surface area contributed by atoms with E-state index < -0.39 is 0 Å². The van der Waals surface area contributed by atoms with E-state index in [9.17, 15) is 9.59 Å². The summed E-state index contributed by atoms with van der Waals surface area (Å²) in [6, 6.07) is 7.26. The Labute approximate surface area is 144 Å². The van der Waals surface area contributed by atoms with Crippen molar-refractivity contribution < 1.29 is 19.1 Å². The van der Waals surface area contributed by atoms with Crippen molar-refractivity contribution >= 4 is 11.8 Å². The molecule has 24 heavy (non-hydrogen) atoms.